The maximum atomic E-state index is 10.7. The van der Waals surface area contributed by atoms with Gasteiger partial charge in [0.15, 0.2) is 20.2 Å². The van der Waals surface area contributed by atoms with Crippen molar-refractivity contribution < 1.29 is 66.9 Å². The normalized spacial score (nSPS) is 11.9. The molecule has 0 radical (unpaired) electrons. The van der Waals surface area contributed by atoms with Gasteiger partial charge in [-0.05, 0) is 18.2 Å². The minimum atomic E-state index is -6.09. The summed E-state index contributed by atoms with van der Waals surface area (Å²) < 4.78 is 123. The summed E-state index contributed by atoms with van der Waals surface area (Å²) in [6.07, 6.45) is 0. The van der Waals surface area contributed by atoms with Crippen LogP contribution in [0, 0.1) is 0 Å². The van der Waals surface area contributed by atoms with Crippen LogP contribution in [0.15, 0.2) is 24.3 Å². The van der Waals surface area contributed by atoms with Crippen LogP contribution in [-0.2, 0) is 20.2 Å². The van der Waals surface area contributed by atoms with Crippen LogP contribution in [0.5, 0.6) is 5.75 Å². The number of ether oxygens (including phenoxy) is 1. The third kappa shape index (κ3) is 10.2. The number of aromatic amines is 1. The number of fused-ring (bicyclic) bond motifs is 1. The zero-order valence-corrected chi connectivity index (χ0v) is 17.4. The van der Waals surface area contributed by atoms with Gasteiger partial charge >= 0.3 is 28.4 Å². The minimum Gasteiger partial charge on any atom is -0.741 e. The number of carboxylic acid groups (broad SMARTS) is 1. The predicted octanol–water partition coefficient (Wildman–Crippen LogP) is 0.262. The summed E-state index contributed by atoms with van der Waals surface area (Å²) in [5.41, 5.74) is -10.5. The van der Waals surface area contributed by atoms with Crippen molar-refractivity contribution >= 4 is 54.5 Å². The number of H-pyrrole nitrogens is 1. The molecular formula is C12H8AlF6NO9S2. The first-order valence-corrected chi connectivity index (χ1v) is 9.44. The Bertz CT molecular complexity index is 1050. The Morgan fingerprint density at radius 2 is 1.32 bits per heavy atom. The number of methoxy groups -OCH3 is 1. The van der Waals surface area contributed by atoms with E-state index in [0.29, 0.717) is 5.75 Å². The number of alkyl halides is 6. The van der Waals surface area contributed by atoms with E-state index in [-0.39, 0.29) is 23.1 Å². The van der Waals surface area contributed by atoms with Crippen molar-refractivity contribution in [2.45, 2.75) is 11.0 Å². The number of benzene rings is 1. The Kier molecular flexibility index (Phi) is 11.1. The molecule has 0 unspecified atom stereocenters. The number of carboxylic acids is 1. The van der Waals surface area contributed by atoms with Crippen LogP contribution >= 0.6 is 0 Å². The van der Waals surface area contributed by atoms with Crippen LogP contribution in [0.1, 0.15) is 10.5 Å². The smallest absolute Gasteiger partial charge is 0.741 e. The zero-order chi connectivity index (χ0) is 24.1. The molecule has 10 nitrogen and oxygen atoms in total. The molecular weight excluding hydrogens is 507 g/mol. The quantitative estimate of drug-likeness (QED) is 0.254. The first-order valence-electron chi connectivity index (χ1n) is 6.63. The number of aromatic nitrogens is 1. The summed E-state index contributed by atoms with van der Waals surface area (Å²) in [5, 5.41) is 11.4. The van der Waals surface area contributed by atoms with E-state index in [2.05, 4.69) is 4.98 Å². The molecule has 172 valence electrons. The number of carbonyl (C=O) groups excluding carboxylic acids is 1. The van der Waals surface area contributed by atoms with Crippen LogP contribution < -0.4 is 9.84 Å². The second-order valence-electron chi connectivity index (χ2n) is 4.72. The maximum absolute atomic E-state index is 10.7. The van der Waals surface area contributed by atoms with Gasteiger partial charge < -0.3 is 28.7 Å². The van der Waals surface area contributed by atoms with Crippen molar-refractivity contribution in [1.29, 1.82) is 0 Å². The largest absolute Gasteiger partial charge is 3.00 e. The third-order valence-electron chi connectivity index (χ3n) is 2.62. The molecule has 0 aliphatic rings. The Morgan fingerprint density at radius 3 is 1.61 bits per heavy atom. The van der Waals surface area contributed by atoms with Gasteiger partial charge in [-0.3, -0.25) is 0 Å². The number of nitrogens with one attached hydrogen (secondary N) is 1. The van der Waals surface area contributed by atoms with Gasteiger partial charge in [-0.2, -0.15) is 26.3 Å². The molecule has 0 saturated carbocycles. The molecule has 31 heavy (non-hydrogen) atoms. The fourth-order valence-electron chi connectivity index (χ4n) is 1.34. The minimum absolute atomic E-state index is 0. The van der Waals surface area contributed by atoms with Crippen molar-refractivity contribution in [3.05, 3.63) is 30.0 Å². The van der Waals surface area contributed by atoms with Crippen molar-refractivity contribution in [2.24, 2.45) is 0 Å². The van der Waals surface area contributed by atoms with Crippen molar-refractivity contribution in [3.63, 3.8) is 0 Å². The van der Waals surface area contributed by atoms with Gasteiger partial charge in [0, 0.05) is 17.0 Å². The van der Waals surface area contributed by atoms with E-state index in [1.165, 1.54) is 6.07 Å². The third-order valence-corrected chi connectivity index (χ3v) is 3.75. The van der Waals surface area contributed by atoms with E-state index in [4.69, 9.17) is 30.7 Å². The van der Waals surface area contributed by atoms with Crippen LogP contribution in [0.2, 0.25) is 0 Å². The maximum Gasteiger partial charge on any atom is 3.00 e. The van der Waals surface area contributed by atoms with Gasteiger partial charge in [0.2, 0.25) is 0 Å². The molecule has 0 aliphatic heterocycles. The van der Waals surface area contributed by atoms with Crippen LogP contribution in [0.25, 0.3) is 10.9 Å². The van der Waals surface area contributed by atoms with Gasteiger partial charge in [-0.25, -0.2) is 16.8 Å². The van der Waals surface area contributed by atoms with E-state index < -0.39 is 37.2 Å². The van der Waals surface area contributed by atoms with E-state index >= 15 is 0 Å². The zero-order valence-electron chi connectivity index (χ0n) is 14.6. The molecule has 19 heteroatoms. The summed E-state index contributed by atoms with van der Waals surface area (Å²) in [4.78, 5) is 13.3. The van der Waals surface area contributed by atoms with E-state index in [1.807, 2.05) is 0 Å². The van der Waals surface area contributed by atoms with Gasteiger partial charge in [0.25, 0.3) is 0 Å². The fraction of sp³-hybridized carbons (Fsp3) is 0.250. The average Bonchev–Trinajstić information content (AvgIpc) is 2.95. The van der Waals surface area contributed by atoms with Crippen molar-refractivity contribution in [3.8, 4) is 5.75 Å². The van der Waals surface area contributed by atoms with E-state index in [1.54, 1.807) is 25.3 Å². The number of aromatic carboxylic acids is 1. The molecule has 0 spiro atoms. The number of halogens is 6. The first-order chi connectivity index (χ1) is 13.2. The summed E-state index contributed by atoms with van der Waals surface area (Å²) in [6.45, 7) is 0. The Labute approximate surface area is 180 Å². The van der Waals surface area contributed by atoms with Gasteiger partial charge in [0.05, 0.1) is 18.8 Å². The monoisotopic (exact) mass is 515 g/mol. The molecule has 2 rings (SSSR count). The van der Waals surface area contributed by atoms with Crippen LogP contribution in [0.4, 0.5) is 26.3 Å². The molecule has 1 aromatic heterocycles. The van der Waals surface area contributed by atoms with Crippen molar-refractivity contribution in [1.82, 2.24) is 4.98 Å². The van der Waals surface area contributed by atoms with Gasteiger partial charge in [-0.1, -0.05) is 0 Å². The van der Waals surface area contributed by atoms with Gasteiger partial charge in [-0.15, -0.1) is 0 Å². The Balaban J connectivity index is 0. The molecule has 2 aromatic rings. The predicted molar refractivity (Wildman–Crippen MR) is 86.4 cm³/mol. The summed E-state index contributed by atoms with van der Waals surface area (Å²) >= 11 is 0. The topological polar surface area (TPSA) is 180 Å². The number of hydrogen-bond donors (Lipinski definition) is 1. The van der Waals surface area contributed by atoms with Crippen LogP contribution in [0.3, 0.4) is 0 Å². The molecule has 0 atom stereocenters. The molecule has 0 fully saturated rings. The molecule has 0 aliphatic carbocycles. The Hall–Kier alpha value is -2.04. The summed E-state index contributed by atoms with van der Waals surface area (Å²) in [6, 6.07) is 6.83. The molecule has 0 bridgehead atoms. The van der Waals surface area contributed by atoms with Crippen molar-refractivity contribution in [2.75, 3.05) is 7.11 Å². The molecule has 0 amide bonds. The van der Waals surface area contributed by atoms with Gasteiger partial charge in [0.1, 0.15) is 5.75 Å². The average molecular weight is 515 g/mol. The standard InChI is InChI=1S/C10H9NO3.2CHF3O3S.Al/c1-14-7-3-2-6-4-9(10(12)13)11-8(6)5-7;2*2-1(3,4)8(5,6)7;/h2-5,11H,1H3,(H,12,13);2*(H,5,6,7);/q;;;+3/p-3. The van der Waals surface area contributed by atoms with E-state index in [9.17, 15) is 36.2 Å². The second-order valence-corrected chi connectivity index (χ2v) is 7.47. The molecule has 1 aromatic carbocycles. The Morgan fingerprint density at radius 1 is 0.935 bits per heavy atom. The van der Waals surface area contributed by atoms with Crippen LogP contribution in [-0.4, -0.2) is 72.4 Å². The molecule has 1 heterocycles. The second kappa shape index (κ2) is 11.0. The molecule has 0 saturated heterocycles. The molecule has 1 N–H and O–H groups in total. The summed E-state index contributed by atoms with van der Waals surface area (Å²) in [7, 11) is -10.6. The van der Waals surface area contributed by atoms with E-state index in [0.717, 1.165) is 10.9 Å². The summed E-state index contributed by atoms with van der Waals surface area (Å²) in [5.74, 6) is -0.524. The first kappa shape index (κ1) is 31.2. The number of carbonyl (C=O) groups is 1. The SMILES string of the molecule is COc1ccc2cc(C(=O)[O-])[nH]c2c1.O=S(=O)([O-])C(F)(F)F.O=S(=O)([O-])C(F)(F)F.[Al+3]. The fourth-order valence-corrected chi connectivity index (χ4v) is 1.34. The number of hydrogen-bond acceptors (Lipinski definition) is 9. The number of rotatable bonds is 2.